The second-order valence-corrected chi connectivity index (χ2v) is 6.23. The highest BCUT2D eigenvalue weighted by molar-refractivity contribution is 7.17. The van der Waals surface area contributed by atoms with E-state index in [4.69, 9.17) is 10.3 Å². The maximum atomic E-state index is 5.60. The van der Waals surface area contributed by atoms with E-state index in [0.717, 1.165) is 21.5 Å². The van der Waals surface area contributed by atoms with Crippen molar-refractivity contribution in [2.75, 3.05) is 5.73 Å². The Hall–Kier alpha value is -2.32. The molecule has 8 heteroatoms. The van der Waals surface area contributed by atoms with Gasteiger partial charge in [-0.15, -0.1) is 22.7 Å². The fraction of sp³-hybridized carbons (Fsp3) is 0.0769. The zero-order valence-electron chi connectivity index (χ0n) is 10.7. The Morgan fingerprint density at radius 3 is 3.05 bits per heavy atom. The molecule has 21 heavy (non-hydrogen) atoms. The summed E-state index contributed by atoms with van der Waals surface area (Å²) in [6.45, 7) is 0. The van der Waals surface area contributed by atoms with Crippen molar-refractivity contribution in [1.82, 2.24) is 20.1 Å². The van der Waals surface area contributed by atoms with Gasteiger partial charge in [0.1, 0.15) is 0 Å². The molecule has 0 aromatic carbocycles. The molecule has 0 aliphatic carbocycles. The maximum Gasteiger partial charge on any atom is 0.233 e. The van der Waals surface area contributed by atoms with Crippen LogP contribution in [-0.4, -0.2) is 20.1 Å². The molecular formula is C13H9N5OS2. The average molecular weight is 315 g/mol. The van der Waals surface area contributed by atoms with Crippen LogP contribution in [0.25, 0.3) is 21.6 Å². The van der Waals surface area contributed by atoms with Gasteiger partial charge in [-0.2, -0.15) is 4.98 Å². The summed E-state index contributed by atoms with van der Waals surface area (Å²) in [5.74, 6) is 1.05. The molecule has 4 aromatic rings. The molecule has 0 unspecified atom stereocenters. The predicted molar refractivity (Wildman–Crippen MR) is 82.2 cm³/mol. The van der Waals surface area contributed by atoms with E-state index < -0.39 is 0 Å². The number of anilines is 1. The first-order valence-corrected chi connectivity index (χ1v) is 7.90. The molecule has 0 spiro atoms. The highest BCUT2D eigenvalue weighted by atomic mass is 32.1. The van der Waals surface area contributed by atoms with Crippen molar-refractivity contribution in [2.24, 2.45) is 0 Å². The van der Waals surface area contributed by atoms with Gasteiger partial charge >= 0.3 is 0 Å². The van der Waals surface area contributed by atoms with Gasteiger partial charge in [-0.1, -0.05) is 5.16 Å². The number of aromatic nitrogens is 4. The molecule has 4 rings (SSSR count). The van der Waals surface area contributed by atoms with E-state index in [1.165, 1.54) is 11.3 Å². The average Bonchev–Trinajstić information content (AvgIpc) is 3.19. The number of nitrogens with zero attached hydrogens (tertiary/aromatic N) is 4. The van der Waals surface area contributed by atoms with E-state index in [1.54, 1.807) is 17.5 Å². The third-order valence-corrected chi connectivity index (χ3v) is 4.51. The van der Waals surface area contributed by atoms with Crippen LogP contribution in [0.5, 0.6) is 0 Å². The molecule has 0 amide bonds. The molecule has 0 saturated carbocycles. The first kappa shape index (κ1) is 12.4. The molecule has 0 saturated heterocycles. The summed E-state index contributed by atoms with van der Waals surface area (Å²) in [6.07, 6.45) is 2.24. The molecule has 2 N–H and O–H groups in total. The van der Waals surface area contributed by atoms with Gasteiger partial charge in [0.05, 0.1) is 22.3 Å². The third kappa shape index (κ3) is 2.39. The van der Waals surface area contributed by atoms with Crippen molar-refractivity contribution < 1.29 is 4.52 Å². The summed E-state index contributed by atoms with van der Waals surface area (Å²) in [5.41, 5.74) is 8.26. The summed E-state index contributed by atoms with van der Waals surface area (Å²) < 4.78 is 6.37. The lowest BCUT2D eigenvalue weighted by molar-refractivity contribution is 0.385. The molecule has 6 nitrogen and oxygen atoms in total. The van der Waals surface area contributed by atoms with Crippen LogP contribution in [0.1, 0.15) is 11.6 Å². The molecule has 0 aliphatic rings. The Kier molecular flexibility index (Phi) is 2.90. The zero-order valence-corrected chi connectivity index (χ0v) is 12.3. The Morgan fingerprint density at radius 1 is 1.24 bits per heavy atom. The maximum absolute atomic E-state index is 5.60. The number of thiophene rings is 1. The highest BCUT2D eigenvalue weighted by Gasteiger charge is 2.12. The first-order chi connectivity index (χ1) is 10.3. The van der Waals surface area contributed by atoms with Crippen LogP contribution in [-0.2, 0) is 6.42 Å². The minimum atomic E-state index is 0.482. The molecular weight excluding hydrogens is 306 g/mol. The molecule has 104 valence electrons. The minimum Gasteiger partial charge on any atom is -0.375 e. The van der Waals surface area contributed by atoms with Gasteiger partial charge in [-0.25, -0.2) is 4.98 Å². The standard InChI is InChI=1S/C13H9N5OS2/c14-13-16-8(6-21-13)4-11-17-12(18-19-11)7-3-10-9(15-5-7)1-2-20-10/h1-3,5-6H,4H2,(H2,14,16). The van der Waals surface area contributed by atoms with Gasteiger partial charge in [-0.05, 0) is 17.5 Å². The van der Waals surface area contributed by atoms with Gasteiger partial charge in [0, 0.05) is 17.1 Å². The van der Waals surface area contributed by atoms with Crippen LogP contribution in [0.15, 0.2) is 33.6 Å². The van der Waals surface area contributed by atoms with Gasteiger partial charge in [-0.3, -0.25) is 4.98 Å². The summed E-state index contributed by atoms with van der Waals surface area (Å²) in [6, 6.07) is 4.00. The van der Waals surface area contributed by atoms with Crippen molar-refractivity contribution in [3.63, 3.8) is 0 Å². The topological polar surface area (TPSA) is 90.7 Å². The smallest absolute Gasteiger partial charge is 0.233 e. The predicted octanol–water partition coefficient (Wildman–Crippen LogP) is 2.98. The van der Waals surface area contributed by atoms with E-state index in [1.807, 2.05) is 22.9 Å². The summed E-state index contributed by atoms with van der Waals surface area (Å²) >= 11 is 3.03. The zero-order chi connectivity index (χ0) is 14.2. The Labute approximate surface area is 127 Å². The fourth-order valence-electron chi connectivity index (χ4n) is 1.97. The number of thiazole rings is 1. The van der Waals surface area contributed by atoms with Crippen molar-refractivity contribution >= 4 is 38.0 Å². The van der Waals surface area contributed by atoms with Gasteiger partial charge in [0.25, 0.3) is 0 Å². The van der Waals surface area contributed by atoms with E-state index in [0.29, 0.717) is 23.3 Å². The number of nitrogen functional groups attached to an aromatic ring is 1. The van der Waals surface area contributed by atoms with Crippen molar-refractivity contribution in [3.05, 3.63) is 40.7 Å². The second kappa shape index (κ2) is 4.90. The number of hydrogen-bond acceptors (Lipinski definition) is 8. The first-order valence-electron chi connectivity index (χ1n) is 6.14. The number of fused-ring (bicyclic) bond motifs is 1. The van der Waals surface area contributed by atoms with E-state index in [-0.39, 0.29) is 0 Å². The van der Waals surface area contributed by atoms with Crippen molar-refractivity contribution in [3.8, 4) is 11.4 Å². The number of nitrogens with two attached hydrogens (primary N) is 1. The molecule has 0 radical (unpaired) electrons. The van der Waals surface area contributed by atoms with Gasteiger partial charge < -0.3 is 10.3 Å². The Bertz CT molecular complexity index is 910. The van der Waals surface area contributed by atoms with E-state index >= 15 is 0 Å². The highest BCUT2D eigenvalue weighted by Crippen LogP contribution is 2.24. The monoisotopic (exact) mass is 315 g/mol. The van der Waals surface area contributed by atoms with Crippen LogP contribution in [0.3, 0.4) is 0 Å². The van der Waals surface area contributed by atoms with Crippen LogP contribution in [0.4, 0.5) is 5.13 Å². The number of rotatable bonds is 3. The van der Waals surface area contributed by atoms with Crippen LogP contribution < -0.4 is 5.73 Å². The Balaban J connectivity index is 1.63. The lowest BCUT2D eigenvalue weighted by Gasteiger charge is -1.93. The summed E-state index contributed by atoms with van der Waals surface area (Å²) in [5, 5.41) is 8.44. The lowest BCUT2D eigenvalue weighted by Crippen LogP contribution is -1.90. The lowest BCUT2D eigenvalue weighted by atomic mass is 10.2. The molecule has 0 fully saturated rings. The SMILES string of the molecule is Nc1nc(Cc2nc(-c3cnc4ccsc4c3)no2)cs1. The molecule has 0 atom stereocenters. The third-order valence-electron chi connectivity index (χ3n) is 2.93. The molecule has 4 heterocycles. The van der Waals surface area contributed by atoms with Gasteiger partial charge in [0.15, 0.2) is 5.13 Å². The van der Waals surface area contributed by atoms with Gasteiger partial charge in [0.2, 0.25) is 11.7 Å². The van der Waals surface area contributed by atoms with Crippen molar-refractivity contribution in [1.29, 1.82) is 0 Å². The Morgan fingerprint density at radius 2 is 2.19 bits per heavy atom. The number of pyridine rings is 1. The summed E-state index contributed by atoms with van der Waals surface area (Å²) in [7, 11) is 0. The van der Waals surface area contributed by atoms with E-state index in [2.05, 4.69) is 20.1 Å². The quantitative estimate of drug-likeness (QED) is 0.625. The van der Waals surface area contributed by atoms with Crippen molar-refractivity contribution in [2.45, 2.75) is 6.42 Å². The normalized spacial score (nSPS) is 11.2. The second-order valence-electron chi connectivity index (χ2n) is 4.39. The molecule has 0 bridgehead atoms. The largest absolute Gasteiger partial charge is 0.375 e. The van der Waals surface area contributed by atoms with E-state index in [9.17, 15) is 0 Å². The molecule has 4 aromatic heterocycles. The number of hydrogen-bond donors (Lipinski definition) is 1. The fourth-order valence-corrected chi connectivity index (χ4v) is 3.31. The minimum absolute atomic E-state index is 0.482. The van der Waals surface area contributed by atoms with Crippen LogP contribution in [0.2, 0.25) is 0 Å². The van der Waals surface area contributed by atoms with Crippen LogP contribution in [0, 0.1) is 0 Å². The summed E-state index contributed by atoms with van der Waals surface area (Å²) in [4.78, 5) is 12.9. The van der Waals surface area contributed by atoms with Crippen LogP contribution >= 0.6 is 22.7 Å². The molecule has 0 aliphatic heterocycles.